The van der Waals surface area contributed by atoms with Crippen molar-refractivity contribution < 1.29 is 0 Å². The summed E-state index contributed by atoms with van der Waals surface area (Å²) in [7, 11) is 0. The number of nitrogens with two attached hydrogens (primary N) is 1. The van der Waals surface area contributed by atoms with E-state index in [1.54, 1.807) is 0 Å². The Balaban J connectivity index is 2.27. The Morgan fingerprint density at radius 1 is 1.53 bits per heavy atom. The fourth-order valence-corrected chi connectivity index (χ4v) is 2.80. The van der Waals surface area contributed by atoms with Crippen molar-refractivity contribution in [3.63, 3.8) is 0 Å². The van der Waals surface area contributed by atoms with Gasteiger partial charge in [0.2, 0.25) is 0 Å². The highest BCUT2D eigenvalue weighted by Gasteiger charge is 2.20. The molecule has 0 amide bonds. The molecule has 1 saturated heterocycles. The summed E-state index contributed by atoms with van der Waals surface area (Å²) in [5.41, 5.74) is 5.73. The topological polar surface area (TPSA) is 55.0 Å². The molecule has 1 aromatic rings. The molecule has 15 heavy (non-hydrogen) atoms. The lowest BCUT2D eigenvalue weighted by atomic mass is 10.3. The Labute approximate surface area is 94.3 Å². The summed E-state index contributed by atoms with van der Waals surface area (Å²) in [6.45, 7) is 5.14. The first kappa shape index (κ1) is 10.5. The van der Waals surface area contributed by atoms with Gasteiger partial charge in [-0.2, -0.15) is 11.8 Å². The molecule has 82 valence electrons. The maximum absolute atomic E-state index is 5.73. The molecule has 0 aliphatic carbocycles. The molecule has 1 aromatic heterocycles. The molecule has 1 aliphatic rings. The smallest absolute Gasteiger partial charge is 0.134 e. The number of aromatic nitrogens is 2. The predicted octanol–water partition coefficient (Wildman–Crippen LogP) is 1.31. The van der Waals surface area contributed by atoms with Crippen LogP contribution in [0.4, 0.5) is 11.6 Å². The van der Waals surface area contributed by atoms with E-state index in [-0.39, 0.29) is 0 Å². The fraction of sp³-hybridized carbons (Fsp3) is 0.600. The summed E-state index contributed by atoms with van der Waals surface area (Å²) >= 11 is 1.99. The molecule has 4 nitrogen and oxygen atoms in total. The first-order chi connectivity index (χ1) is 7.16. The zero-order valence-corrected chi connectivity index (χ0v) is 9.92. The molecule has 1 unspecified atom stereocenters. The number of rotatable bonds is 1. The molecule has 2 rings (SSSR count). The van der Waals surface area contributed by atoms with Crippen LogP contribution in [0.3, 0.4) is 0 Å². The molecular formula is C10H16N4S. The number of anilines is 2. The molecule has 0 spiro atoms. The van der Waals surface area contributed by atoms with Crippen LogP contribution in [0.1, 0.15) is 12.7 Å². The predicted molar refractivity (Wildman–Crippen MR) is 65.3 cm³/mol. The number of thioether (sulfide) groups is 1. The van der Waals surface area contributed by atoms with Crippen molar-refractivity contribution in [2.24, 2.45) is 0 Å². The summed E-state index contributed by atoms with van der Waals surface area (Å²) in [5.74, 6) is 4.59. The van der Waals surface area contributed by atoms with E-state index >= 15 is 0 Å². The maximum atomic E-state index is 5.73. The Bertz CT molecular complexity index is 335. The molecule has 1 aliphatic heterocycles. The normalized spacial score (nSPS) is 21.7. The third-order valence-electron chi connectivity index (χ3n) is 2.51. The van der Waals surface area contributed by atoms with E-state index in [9.17, 15) is 0 Å². The van der Waals surface area contributed by atoms with Gasteiger partial charge >= 0.3 is 0 Å². The first-order valence-electron chi connectivity index (χ1n) is 5.12. The second-order valence-corrected chi connectivity index (χ2v) is 4.97. The molecule has 0 bridgehead atoms. The molecule has 2 N–H and O–H groups in total. The molecule has 0 radical (unpaired) electrons. The van der Waals surface area contributed by atoms with Crippen molar-refractivity contribution in [3.8, 4) is 0 Å². The molecule has 5 heteroatoms. The Morgan fingerprint density at radius 2 is 2.33 bits per heavy atom. The van der Waals surface area contributed by atoms with Gasteiger partial charge in [0.1, 0.15) is 17.5 Å². The standard InChI is InChI=1S/C10H16N4S/c1-7-6-15-4-3-14(7)10-5-9(11)12-8(2)13-10/h5,7H,3-4,6H2,1-2H3,(H2,11,12,13). The Kier molecular flexibility index (Phi) is 3.00. The Morgan fingerprint density at radius 3 is 3.00 bits per heavy atom. The number of hydrogen-bond donors (Lipinski definition) is 1. The summed E-state index contributed by atoms with van der Waals surface area (Å²) in [6.07, 6.45) is 0. The van der Waals surface area contributed by atoms with Crippen LogP contribution in [-0.2, 0) is 0 Å². The summed E-state index contributed by atoms with van der Waals surface area (Å²) in [5, 5.41) is 0. The van der Waals surface area contributed by atoms with Crippen LogP contribution in [0.15, 0.2) is 6.07 Å². The molecular weight excluding hydrogens is 208 g/mol. The van der Waals surface area contributed by atoms with Gasteiger partial charge < -0.3 is 10.6 Å². The average Bonchev–Trinajstić information content (AvgIpc) is 2.16. The second-order valence-electron chi connectivity index (χ2n) is 3.82. The fourth-order valence-electron chi connectivity index (χ4n) is 1.79. The summed E-state index contributed by atoms with van der Waals surface area (Å²) in [6, 6.07) is 2.39. The summed E-state index contributed by atoms with van der Waals surface area (Å²) in [4.78, 5) is 10.8. The number of aryl methyl sites for hydroxylation is 1. The zero-order valence-electron chi connectivity index (χ0n) is 9.10. The minimum Gasteiger partial charge on any atom is -0.384 e. The van der Waals surface area contributed by atoms with E-state index in [0.717, 1.165) is 29.7 Å². The zero-order chi connectivity index (χ0) is 10.8. The molecule has 1 fully saturated rings. The molecule has 0 aromatic carbocycles. The van der Waals surface area contributed by atoms with Gasteiger partial charge in [0, 0.05) is 30.2 Å². The van der Waals surface area contributed by atoms with E-state index in [4.69, 9.17) is 5.73 Å². The van der Waals surface area contributed by atoms with Gasteiger partial charge in [-0.25, -0.2) is 9.97 Å². The van der Waals surface area contributed by atoms with Gasteiger partial charge in [0.25, 0.3) is 0 Å². The minimum absolute atomic E-state index is 0.525. The van der Waals surface area contributed by atoms with Crippen LogP contribution >= 0.6 is 11.8 Å². The first-order valence-corrected chi connectivity index (χ1v) is 6.28. The van der Waals surface area contributed by atoms with Crippen LogP contribution in [0.2, 0.25) is 0 Å². The monoisotopic (exact) mass is 224 g/mol. The number of nitrogen functional groups attached to an aromatic ring is 1. The van der Waals surface area contributed by atoms with Gasteiger partial charge in [-0.05, 0) is 13.8 Å². The van der Waals surface area contributed by atoms with Gasteiger partial charge in [0.05, 0.1) is 0 Å². The van der Waals surface area contributed by atoms with Gasteiger partial charge in [-0.15, -0.1) is 0 Å². The van der Waals surface area contributed by atoms with Gasteiger partial charge in [-0.1, -0.05) is 0 Å². The third-order valence-corrected chi connectivity index (χ3v) is 3.70. The van der Waals surface area contributed by atoms with E-state index in [1.165, 1.54) is 0 Å². The van der Waals surface area contributed by atoms with Gasteiger partial charge in [-0.3, -0.25) is 0 Å². The molecule has 2 heterocycles. The van der Waals surface area contributed by atoms with E-state index < -0.39 is 0 Å². The lowest BCUT2D eigenvalue weighted by molar-refractivity contribution is 0.687. The number of hydrogen-bond acceptors (Lipinski definition) is 5. The van der Waals surface area contributed by atoms with Crippen molar-refractivity contribution in [2.75, 3.05) is 28.7 Å². The average molecular weight is 224 g/mol. The second kappa shape index (κ2) is 4.26. The van der Waals surface area contributed by atoms with Gasteiger partial charge in [0.15, 0.2) is 0 Å². The van der Waals surface area contributed by atoms with E-state index in [1.807, 2.05) is 24.8 Å². The highest BCUT2D eigenvalue weighted by Crippen LogP contribution is 2.23. The third kappa shape index (κ3) is 2.34. The largest absolute Gasteiger partial charge is 0.384 e. The number of nitrogens with zero attached hydrogens (tertiary/aromatic N) is 3. The van der Waals surface area contributed by atoms with Crippen molar-refractivity contribution in [3.05, 3.63) is 11.9 Å². The van der Waals surface area contributed by atoms with Crippen LogP contribution in [-0.4, -0.2) is 34.1 Å². The van der Waals surface area contributed by atoms with Crippen LogP contribution < -0.4 is 10.6 Å². The quantitative estimate of drug-likeness (QED) is 0.779. The highest BCUT2D eigenvalue weighted by molar-refractivity contribution is 7.99. The minimum atomic E-state index is 0.525. The van der Waals surface area contributed by atoms with Crippen molar-refractivity contribution in [1.82, 2.24) is 9.97 Å². The lowest BCUT2D eigenvalue weighted by Gasteiger charge is -2.34. The van der Waals surface area contributed by atoms with Crippen LogP contribution in [0.5, 0.6) is 0 Å². The van der Waals surface area contributed by atoms with E-state index in [0.29, 0.717) is 11.9 Å². The van der Waals surface area contributed by atoms with Crippen molar-refractivity contribution in [1.29, 1.82) is 0 Å². The maximum Gasteiger partial charge on any atom is 0.134 e. The highest BCUT2D eigenvalue weighted by atomic mass is 32.2. The Hall–Kier alpha value is -0.970. The molecule has 1 atom stereocenters. The van der Waals surface area contributed by atoms with Crippen molar-refractivity contribution >= 4 is 23.4 Å². The van der Waals surface area contributed by atoms with Crippen molar-refractivity contribution in [2.45, 2.75) is 19.9 Å². The van der Waals surface area contributed by atoms with E-state index in [2.05, 4.69) is 21.8 Å². The molecule has 0 saturated carbocycles. The SMILES string of the molecule is Cc1nc(N)cc(N2CCSCC2C)n1. The van der Waals surface area contributed by atoms with Crippen LogP contribution in [0, 0.1) is 6.92 Å². The summed E-state index contributed by atoms with van der Waals surface area (Å²) < 4.78 is 0. The van der Waals surface area contributed by atoms with Crippen LogP contribution in [0.25, 0.3) is 0 Å². The lowest BCUT2D eigenvalue weighted by Crippen LogP contribution is -2.41.